The van der Waals surface area contributed by atoms with Crippen LogP contribution in [0.1, 0.15) is 37.4 Å². The van der Waals surface area contributed by atoms with Crippen molar-refractivity contribution in [2.24, 2.45) is 0 Å². The van der Waals surface area contributed by atoms with Crippen LogP contribution < -0.4 is 10.6 Å². The first-order valence-corrected chi connectivity index (χ1v) is 12.3. The summed E-state index contributed by atoms with van der Waals surface area (Å²) in [5, 5.41) is 0. The molecule has 0 radical (unpaired) electrons. The minimum Gasteiger partial charge on any atom is -0.397 e. The summed E-state index contributed by atoms with van der Waals surface area (Å²) < 4.78 is 0. The van der Waals surface area contributed by atoms with E-state index in [1.54, 1.807) is 0 Å². The Kier molecular flexibility index (Phi) is 7.99. The summed E-state index contributed by atoms with van der Waals surface area (Å²) in [4.78, 5) is 19.1. The van der Waals surface area contributed by atoms with E-state index in [1.165, 1.54) is 11.1 Å². The molecule has 0 spiro atoms. The zero-order chi connectivity index (χ0) is 23.9. The van der Waals surface area contributed by atoms with Crippen molar-refractivity contribution in [3.63, 3.8) is 0 Å². The van der Waals surface area contributed by atoms with Gasteiger partial charge in [-0.05, 0) is 36.6 Å². The van der Waals surface area contributed by atoms with Crippen molar-refractivity contribution < 1.29 is 4.79 Å². The summed E-state index contributed by atoms with van der Waals surface area (Å²) in [5.41, 5.74) is 10.3. The molecule has 1 fully saturated rings. The van der Waals surface area contributed by atoms with Crippen LogP contribution in [0.4, 0.5) is 11.4 Å². The van der Waals surface area contributed by atoms with Gasteiger partial charge in [0.1, 0.15) is 0 Å². The molecule has 0 aliphatic carbocycles. The molecule has 1 aliphatic heterocycles. The standard InChI is InChI=1S/C29H36N4O/c1-3-27(33(22-34)28-17-11-10-16-26(28)30)23(2)31-18-20-32(21-19-31)29(24-12-6-4-7-13-24)25-14-8-5-9-15-25/h4-17,22-23,27,29H,3,18-21,30H2,1-2H3. The van der Waals surface area contributed by atoms with Gasteiger partial charge >= 0.3 is 0 Å². The van der Waals surface area contributed by atoms with E-state index in [2.05, 4.69) is 84.3 Å². The van der Waals surface area contributed by atoms with Gasteiger partial charge in [-0.15, -0.1) is 0 Å². The maximum absolute atomic E-state index is 12.1. The first kappa shape index (κ1) is 24.0. The Hall–Kier alpha value is -3.15. The van der Waals surface area contributed by atoms with E-state index >= 15 is 0 Å². The molecule has 1 amide bonds. The topological polar surface area (TPSA) is 52.8 Å². The number of para-hydroxylation sites is 2. The maximum Gasteiger partial charge on any atom is 0.214 e. The number of piperazine rings is 1. The lowest BCUT2D eigenvalue weighted by molar-refractivity contribution is -0.108. The molecule has 1 aliphatic rings. The molecule has 0 bridgehead atoms. The van der Waals surface area contributed by atoms with Gasteiger partial charge in [-0.25, -0.2) is 0 Å². The van der Waals surface area contributed by atoms with Gasteiger partial charge < -0.3 is 10.6 Å². The Bertz CT molecular complexity index is 995. The lowest BCUT2D eigenvalue weighted by Crippen LogP contribution is -2.56. The summed E-state index contributed by atoms with van der Waals surface area (Å²) in [6.07, 6.45) is 1.80. The largest absolute Gasteiger partial charge is 0.397 e. The first-order chi connectivity index (χ1) is 16.6. The lowest BCUT2D eigenvalue weighted by Gasteiger charge is -2.45. The van der Waals surface area contributed by atoms with Gasteiger partial charge in [0.15, 0.2) is 0 Å². The van der Waals surface area contributed by atoms with Gasteiger partial charge in [0, 0.05) is 32.2 Å². The van der Waals surface area contributed by atoms with Crippen molar-refractivity contribution in [3.8, 4) is 0 Å². The van der Waals surface area contributed by atoms with E-state index in [9.17, 15) is 4.79 Å². The fourth-order valence-electron chi connectivity index (χ4n) is 5.34. The molecule has 34 heavy (non-hydrogen) atoms. The fraction of sp³-hybridized carbons (Fsp3) is 0.345. The van der Waals surface area contributed by atoms with Gasteiger partial charge in [0.25, 0.3) is 0 Å². The molecule has 3 aromatic rings. The molecule has 4 rings (SSSR count). The third-order valence-electron chi connectivity index (χ3n) is 7.18. The number of rotatable bonds is 9. The van der Waals surface area contributed by atoms with Crippen molar-refractivity contribution in [2.75, 3.05) is 36.8 Å². The summed E-state index contributed by atoms with van der Waals surface area (Å²) in [7, 11) is 0. The molecule has 0 saturated carbocycles. The Morgan fingerprint density at radius 3 is 1.82 bits per heavy atom. The molecule has 5 nitrogen and oxygen atoms in total. The molecule has 1 heterocycles. The molecular weight excluding hydrogens is 420 g/mol. The van der Waals surface area contributed by atoms with Crippen LogP contribution in [0.25, 0.3) is 0 Å². The number of amides is 1. The average Bonchev–Trinajstić information content (AvgIpc) is 2.89. The Morgan fingerprint density at radius 2 is 1.32 bits per heavy atom. The monoisotopic (exact) mass is 456 g/mol. The number of hydrogen-bond donors (Lipinski definition) is 1. The van der Waals surface area contributed by atoms with E-state index in [0.29, 0.717) is 5.69 Å². The molecule has 1 saturated heterocycles. The number of carbonyl (C=O) groups is 1. The van der Waals surface area contributed by atoms with Crippen LogP contribution in [-0.2, 0) is 4.79 Å². The minimum atomic E-state index is 0.0628. The van der Waals surface area contributed by atoms with Crippen LogP contribution >= 0.6 is 0 Å². The second kappa shape index (κ2) is 11.3. The summed E-state index contributed by atoms with van der Waals surface area (Å²) >= 11 is 0. The van der Waals surface area contributed by atoms with Crippen LogP contribution in [0, 0.1) is 0 Å². The van der Waals surface area contributed by atoms with Gasteiger partial charge in [-0.3, -0.25) is 14.6 Å². The summed E-state index contributed by atoms with van der Waals surface area (Å²) in [5.74, 6) is 0. The Balaban J connectivity index is 1.49. The van der Waals surface area contributed by atoms with Crippen LogP contribution in [0.2, 0.25) is 0 Å². The van der Waals surface area contributed by atoms with Crippen LogP contribution in [0.5, 0.6) is 0 Å². The third kappa shape index (κ3) is 5.16. The van der Waals surface area contributed by atoms with Crippen LogP contribution in [0.3, 0.4) is 0 Å². The Morgan fingerprint density at radius 1 is 0.824 bits per heavy atom. The predicted octanol–water partition coefficient (Wildman–Crippen LogP) is 4.81. The number of benzene rings is 3. The maximum atomic E-state index is 12.1. The quantitative estimate of drug-likeness (QED) is 0.371. The number of anilines is 2. The number of nitrogens with two attached hydrogens (primary N) is 1. The third-order valence-corrected chi connectivity index (χ3v) is 7.18. The van der Waals surface area contributed by atoms with Crippen LogP contribution in [-0.4, -0.2) is 54.5 Å². The average molecular weight is 457 g/mol. The zero-order valence-corrected chi connectivity index (χ0v) is 20.3. The molecular formula is C29H36N4O. The van der Waals surface area contributed by atoms with Crippen LogP contribution in [0.15, 0.2) is 84.9 Å². The Labute approximate surface area is 203 Å². The highest BCUT2D eigenvalue weighted by Gasteiger charge is 2.33. The highest BCUT2D eigenvalue weighted by Crippen LogP contribution is 2.31. The van der Waals surface area contributed by atoms with Crippen molar-refractivity contribution >= 4 is 17.8 Å². The van der Waals surface area contributed by atoms with Crippen molar-refractivity contribution in [2.45, 2.75) is 38.4 Å². The van der Waals surface area contributed by atoms with E-state index in [1.807, 2.05) is 29.2 Å². The lowest BCUT2D eigenvalue weighted by atomic mass is 9.96. The molecule has 0 aromatic heterocycles. The second-order valence-corrected chi connectivity index (χ2v) is 9.08. The minimum absolute atomic E-state index is 0.0628. The molecule has 3 aromatic carbocycles. The first-order valence-electron chi connectivity index (χ1n) is 12.3. The molecule has 2 N–H and O–H groups in total. The van der Waals surface area contributed by atoms with Crippen molar-refractivity contribution in [1.82, 2.24) is 9.80 Å². The summed E-state index contributed by atoms with van der Waals surface area (Å²) in [6, 6.07) is 29.7. The number of hydrogen-bond acceptors (Lipinski definition) is 4. The zero-order valence-electron chi connectivity index (χ0n) is 20.3. The highest BCUT2D eigenvalue weighted by atomic mass is 16.1. The van der Waals surface area contributed by atoms with E-state index < -0.39 is 0 Å². The number of nitrogens with zero attached hydrogens (tertiary/aromatic N) is 3. The van der Waals surface area contributed by atoms with Gasteiger partial charge in [-0.1, -0.05) is 79.7 Å². The van der Waals surface area contributed by atoms with Gasteiger partial charge in [0.05, 0.1) is 23.5 Å². The SMILES string of the molecule is CCC(C(C)N1CCN(C(c2ccccc2)c2ccccc2)CC1)N(C=O)c1ccccc1N. The number of carbonyl (C=O) groups excluding carboxylic acids is 1. The summed E-state index contributed by atoms with van der Waals surface area (Å²) in [6.45, 7) is 8.27. The fourth-order valence-corrected chi connectivity index (χ4v) is 5.34. The molecule has 5 heteroatoms. The highest BCUT2D eigenvalue weighted by molar-refractivity contribution is 5.83. The van der Waals surface area contributed by atoms with Crippen molar-refractivity contribution in [3.05, 3.63) is 96.1 Å². The normalized spacial score (nSPS) is 16.8. The molecule has 2 atom stereocenters. The molecule has 2 unspecified atom stereocenters. The van der Waals surface area contributed by atoms with E-state index in [-0.39, 0.29) is 18.1 Å². The van der Waals surface area contributed by atoms with Gasteiger partial charge in [0.2, 0.25) is 6.41 Å². The van der Waals surface area contributed by atoms with E-state index in [4.69, 9.17) is 5.73 Å². The van der Waals surface area contributed by atoms with Gasteiger partial charge in [-0.2, -0.15) is 0 Å². The smallest absolute Gasteiger partial charge is 0.214 e. The number of nitrogen functional groups attached to an aromatic ring is 1. The predicted molar refractivity (Wildman–Crippen MR) is 141 cm³/mol. The van der Waals surface area contributed by atoms with E-state index in [0.717, 1.165) is 44.7 Å². The van der Waals surface area contributed by atoms with Crippen molar-refractivity contribution in [1.29, 1.82) is 0 Å². The molecule has 178 valence electrons. The second-order valence-electron chi connectivity index (χ2n) is 9.08.